The van der Waals surface area contributed by atoms with Crippen molar-refractivity contribution in [3.8, 4) is 0 Å². The number of piperidine rings is 1. The summed E-state index contributed by atoms with van der Waals surface area (Å²) in [6, 6.07) is 9.44. The summed E-state index contributed by atoms with van der Waals surface area (Å²) in [6.07, 6.45) is 4.09. The minimum Gasteiger partial charge on any atom is -0.379 e. The number of hydrogen-bond donors (Lipinski definition) is 1. The predicted molar refractivity (Wildman–Crippen MR) is 116 cm³/mol. The van der Waals surface area contributed by atoms with Crippen molar-refractivity contribution in [2.75, 3.05) is 38.5 Å². The number of likely N-dealkylation sites (N-methyl/N-ethyl adjacent to an activating group) is 1. The van der Waals surface area contributed by atoms with Gasteiger partial charge in [-0.05, 0) is 66.0 Å². The van der Waals surface area contributed by atoms with Crippen molar-refractivity contribution in [1.29, 1.82) is 0 Å². The molecule has 0 spiro atoms. The first kappa shape index (κ1) is 19.6. The summed E-state index contributed by atoms with van der Waals surface area (Å²) in [4.78, 5) is 17.0. The summed E-state index contributed by atoms with van der Waals surface area (Å²) < 4.78 is 1.89. The lowest BCUT2D eigenvalue weighted by Crippen LogP contribution is -2.43. The molecule has 1 aromatic carbocycles. The molecular formula is C21H28BrN5O. The quantitative estimate of drug-likeness (QED) is 0.766. The van der Waals surface area contributed by atoms with Crippen molar-refractivity contribution >= 4 is 21.6 Å². The molecule has 0 bridgehead atoms. The number of nitrogens with one attached hydrogen (secondary N) is 1. The van der Waals surface area contributed by atoms with Gasteiger partial charge in [-0.15, -0.1) is 0 Å². The van der Waals surface area contributed by atoms with Gasteiger partial charge in [0.25, 0.3) is 5.56 Å². The Hall–Kier alpha value is -1.70. The van der Waals surface area contributed by atoms with E-state index in [1.807, 2.05) is 0 Å². The summed E-state index contributed by atoms with van der Waals surface area (Å²) in [6.45, 7) is 5.54. The molecule has 3 heterocycles. The fourth-order valence-corrected chi connectivity index (χ4v) is 4.66. The Bertz CT molecular complexity index is 877. The van der Waals surface area contributed by atoms with Crippen molar-refractivity contribution in [1.82, 2.24) is 19.6 Å². The Kier molecular flexibility index (Phi) is 5.85. The zero-order valence-electron chi connectivity index (χ0n) is 16.6. The van der Waals surface area contributed by atoms with Crippen LogP contribution in [0.15, 0.2) is 39.7 Å². The molecule has 2 saturated heterocycles. The van der Waals surface area contributed by atoms with Crippen molar-refractivity contribution in [2.45, 2.75) is 31.3 Å². The molecule has 2 atom stereocenters. The van der Waals surface area contributed by atoms with Crippen LogP contribution in [0.1, 0.15) is 29.9 Å². The van der Waals surface area contributed by atoms with E-state index in [1.54, 1.807) is 13.2 Å². The first-order chi connectivity index (χ1) is 13.5. The van der Waals surface area contributed by atoms with E-state index in [2.05, 4.69) is 67.5 Å². The van der Waals surface area contributed by atoms with Gasteiger partial charge in [0.2, 0.25) is 0 Å². The number of aryl methyl sites for hydroxylation is 1. The summed E-state index contributed by atoms with van der Waals surface area (Å²) >= 11 is 3.42. The highest BCUT2D eigenvalue weighted by atomic mass is 79.9. The second-order valence-corrected chi connectivity index (χ2v) is 8.96. The van der Waals surface area contributed by atoms with Crippen LogP contribution in [0.5, 0.6) is 0 Å². The predicted octanol–water partition coefficient (Wildman–Crippen LogP) is 2.65. The highest BCUT2D eigenvalue weighted by Gasteiger charge is 2.27. The number of aromatic nitrogens is 2. The van der Waals surface area contributed by atoms with Crippen molar-refractivity contribution in [3.63, 3.8) is 0 Å². The number of benzene rings is 1. The Labute approximate surface area is 174 Å². The van der Waals surface area contributed by atoms with Crippen LogP contribution in [0, 0.1) is 0 Å². The minimum atomic E-state index is -0.122. The molecule has 28 heavy (non-hydrogen) atoms. The largest absolute Gasteiger partial charge is 0.379 e. The molecule has 2 aromatic rings. The van der Waals surface area contributed by atoms with Gasteiger partial charge in [0, 0.05) is 32.7 Å². The number of nitrogens with zero attached hydrogens (tertiary/aromatic N) is 4. The molecule has 2 aliphatic heterocycles. The molecule has 1 N–H and O–H groups in total. The van der Waals surface area contributed by atoms with Crippen LogP contribution in [-0.4, -0.2) is 58.8 Å². The molecule has 4 rings (SSSR count). The molecule has 7 heteroatoms. The Morgan fingerprint density at radius 3 is 2.61 bits per heavy atom. The van der Waals surface area contributed by atoms with E-state index in [-0.39, 0.29) is 11.6 Å². The van der Waals surface area contributed by atoms with Crippen molar-refractivity contribution < 1.29 is 0 Å². The fourth-order valence-electron chi connectivity index (χ4n) is 4.19. The molecule has 0 radical (unpaired) electrons. The van der Waals surface area contributed by atoms with E-state index >= 15 is 0 Å². The summed E-state index contributed by atoms with van der Waals surface area (Å²) in [7, 11) is 3.82. The van der Waals surface area contributed by atoms with Crippen LogP contribution in [0.25, 0.3) is 0 Å². The standard InChI is InChI=1S/C21H28BrN5O/c1-25-13-17(16-6-4-15(5-7-16)12-27-8-3-9-27)10-18(14-25)24-19-11-23-26(2)21(28)20(19)22/h4-7,11,17-18,24H,3,8-10,12-14H2,1-2H3/t17-,18+/m0/s1. The second-order valence-electron chi connectivity index (χ2n) is 8.17. The lowest BCUT2D eigenvalue weighted by molar-refractivity contribution is 0.172. The molecule has 1 aromatic heterocycles. The zero-order chi connectivity index (χ0) is 19.7. The van der Waals surface area contributed by atoms with E-state index in [0.717, 1.165) is 31.7 Å². The molecule has 6 nitrogen and oxygen atoms in total. The lowest BCUT2D eigenvalue weighted by atomic mass is 9.87. The number of likely N-dealkylation sites (tertiary alicyclic amines) is 2. The maximum absolute atomic E-state index is 12.1. The van der Waals surface area contributed by atoms with Crippen molar-refractivity contribution in [3.05, 3.63) is 56.4 Å². The van der Waals surface area contributed by atoms with Crippen molar-refractivity contribution in [2.24, 2.45) is 7.05 Å². The zero-order valence-corrected chi connectivity index (χ0v) is 18.2. The summed E-state index contributed by atoms with van der Waals surface area (Å²) in [5.41, 5.74) is 3.44. The SMILES string of the molecule is CN1C[C@H](Nc2cnn(C)c(=O)c2Br)C[C@H](c2ccc(CN3CCC3)cc2)C1. The average Bonchev–Trinajstić information content (AvgIpc) is 2.65. The number of hydrogen-bond acceptors (Lipinski definition) is 5. The molecule has 150 valence electrons. The van der Waals surface area contributed by atoms with Gasteiger partial charge < -0.3 is 10.2 Å². The maximum atomic E-state index is 12.1. The monoisotopic (exact) mass is 445 g/mol. The van der Waals surface area contributed by atoms with E-state index in [9.17, 15) is 4.79 Å². The molecule has 0 saturated carbocycles. The Balaban J connectivity index is 1.44. The van der Waals surface area contributed by atoms with Gasteiger partial charge in [0.15, 0.2) is 0 Å². The van der Waals surface area contributed by atoms with Gasteiger partial charge in [0.05, 0.1) is 11.9 Å². The number of anilines is 1. The summed E-state index contributed by atoms with van der Waals surface area (Å²) in [5, 5.41) is 7.67. The smallest absolute Gasteiger partial charge is 0.282 e. The normalized spacial score (nSPS) is 23.4. The van der Waals surface area contributed by atoms with Gasteiger partial charge in [-0.1, -0.05) is 24.3 Å². The van der Waals surface area contributed by atoms with E-state index in [4.69, 9.17) is 0 Å². The van der Waals surface area contributed by atoms with Gasteiger partial charge >= 0.3 is 0 Å². The topological polar surface area (TPSA) is 53.4 Å². The van der Waals surface area contributed by atoms with E-state index in [1.165, 1.54) is 35.3 Å². The lowest BCUT2D eigenvalue weighted by Gasteiger charge is -2.37. The second kappa shape index (κ2) is 8.35. The third kappa shape index (κ3) is 4.31. The third-order valence-electron chi connectivity index (χ3n) is 5.88. The van der Waals surface area contributed by atoms with Crippen LogP contribution >= 0.6 is 15.9 Å². The van der Waals surface area contributed by atoms with Gasteiger partial charge in [-0.2, -0.15) is 5.10 Å². The van der Waals surface area contributed by atoms with Gasteiger partial charge in [0.1, 0.15) is 4.47 Å². The third-order valence-corrected chi connectivity index (χ3v) is 6.64. The van der Waals surface area contributed by atoms with Crippen LogP contribution in [-0.2, 0) is 13.6 Å². The molecule has 0 unspecified atom stereocenters. The molecule has 2 fully saturated rings. The number of halogens is 1. The molecule has 0 amide bonds. The highest BCUT2D eigenvalue weighted by Crippen LogP contribution is 2.29. The van der Waals surface area contributed by atoms with Gasteiger partial charge in [-0.3, -0.25) is 9.69 Å². The maximum Gasteiger partial charge on any atom is 0.282 e. The molecule has 0 aliphatic carbocycles. The van der Waals surface area contributed by atoms with Crippen LogP contribution in [0.3, 0.4) is 0 Å². The van der Waals surface area contributed by atoms with Gasteiger partial charge in [-0.25, -0.2) is 4.68 Å². The first-order valence-electron chi connectivity index (χ1n) is 9.97. The Morgan fingerprint density at radius 2 is 1.93 bits per heavy atom. The summed E-state index contributed by atoms with van der Waals surface area (Å²) in [5.74, 6) is 0.479. The first-order valence-corrected chi connectivity index (χ1v) is 10.8. The van der Waals surface area contributed by atoms with E-state index < -0.39 is 0 Å². The molecular weight excluding hydrogens is 418 g/mol. The molecule has 2 aliphatic rings. The average molecular weight is 446 g/mol. The highest BCUT2D eigenvalue weighted by molar-refractivity contribution is 9.10. The van der Waals surface area contributed by atoms with Crippen LogP contribution < -0.4 is 10.9 Å². The van der Waals surface area contributed by atoms with E-state index in [0.29, 0.717) is 10.4 Å². The Morgan fingerprint density at radius 1 is 1.18 bits per heavy atom. The fraction of sp³-hybridized carbons (Fsp3) is 0.524. The minimum absolute atomic E-state index is 0.122. The van der Waals surface area contributed by atoms with Crippen LogP contribution in [0.4, 0.5) is 5.69 Å². The van der Waals surface area contributed by atoms with Crippen LogP contribution in [0.2, 0.25) is 0 Å². The number of rotatable bonds is 5.